The van der Waals surface area contributed by atoms with E-state index in [2.05, 4.69) is 15.4 Å². The summed E-state index contributed by atoms with van der Waals surface area (Å²) < 4.78 is 78.4. The number of alkyl halides is 6. The fraction of sp³-hybridized carbons (Fsp3) is 0.118. The molecule has 1 heterocycles. The fourth-order valence-electron chi connectivity index (χ4n) is 2.52. The number of halogens is 6. The van der Waals surface area contributed by atoms with Crippen molar-refractivity contribution in [2.75, 3.05) is 0 Å². The number of nitrogens with zero attached hydrogens (tertiary/aromatic N) is 3. The summed E-state index contributed by atoms with van der Waals surface area (Å²) in [4.78, 5) is 0. The molecule has 0 atom stereocenters. The highest BCUT2D eigenvalue weighted by molar-refractivity contribution is 5.73. The number of benzene rings is 2. The van der Waals surface area contributed by atoms with Crippen molar-refractivity contribution >= 4 is 0 Å². The zero-order valence-electron chi connectivity index (χ0n) is 13.2. The number of hydrogen-bond donors (Lipinski definition) is 1. The van der Waals surface area contributed by atoms with Gasteiger partial charge in [-0.2, -0.15) is 31.6 Å². The van der Waals surface area contributed by atoms with E-state index < -0.39 is 29.0 Å². The maximum Gasteiger partial charge on any atom is 0.417 e. The lowest BCUT2D eigenvalue weighted by molar-refractivity contribution is -0.141. The molecule has 0 saturated carbocycles. The van der Waals surface area contributed by atoms with Crippen LogP contribution in [0.4, 0.5) is 26.3 Å². The van der Waals surface area contributed by atoms with Crippen LogP contribution in [0.25, 0.3) is 22.4 Å². The Hall–Kier alpha value is -3.35. The first-order valence-corrected chi connectivity index (χ1v) is 7.31. The van der Waals surface area contributed by atoms with E-state index in [1.165, 1.54) is 24.3 Å². The van der Waals surface area contributed by atoms with Crippen LogP contribution >= 0.6 is 0 Å². The molecule has 0 aliphatic carbocycles. The lowest BCUT2D eigenvalue weighted by Gasteiger charge is -2.16. The van der Waals surface area contributed by atoms with Gasteiger partial charge in [0.05, 0.1) is 11.1 Å². The van der Waals surface area contributed by atoms with Crippen LogP contribution in [0.5, 0.6) is 0 Å². The first-order chi connectivity index (χ1) is 12.6. The standard InChI is InChI=1S/C17H8F6N4/c18-16(19,20)11-5-6-13(17(21,22)23)12(7-11)9-1-3-10(4-2-9)15-14(8-24)25-27-26-15/h1-7H,(H,25,26,27). The van der Waals surface area contributed by atoms with E-state index in [4.69, 9.17) is 5.26 Å². The Balaban J connectivity index is 2.11. The van der Waals surface area contributed by atoms with Crippen molar-refractivity contribution in [3.05, 3.63) is 59.3 Å². The van der Waals surface area contributed by atoms with Crippen LogP contribution in [0, 0.1) is 11.3 Å². The number of aromatic amines is 1. The molecule has 3 rings (SSSR count). The van der Waals surface area contributed by atoms with Crippen molar-refractivity contribution in [2.24, 2.45) is 0 Å². The van der Waals surface area contributed by atoms with Gasteiger partial charge in [-0.1, -0.05) is 29.5 Å². The van der Waals surface area contributed by atoms with E-state index in [1.54, 1.807) is 0 Å². The number of aromatic nitrogens is 3. The predicted molar refractivity (Wildman–Crippen MR) is 82.0 cm³/mol. The summed E-state index contributed by atoms with van der Waals surface area (Å²) >= 11 is 0. The fourth-order valence-corrected chi connectivity index (χ4v) is 2.52. The van der Waals surface area contributed by atoms with Gasteiger partial charge in [0.1, 0.15) is 11.8 Å². The normalized spacial score (nSPS) is 12.0. The monoisotopic (exact) mass is 382 g/mol. The summed E-state index contributed by atoms with van der Waals surface area (Å²) in [6, 6.07) is 8.27. The molecule has 0 spiro atoms. The van der Waals surface area contributed by atoms with Crippen molar-refractivity contribution in [3.63, 3.8) is 0 Å². The van der Waals surface area contributed by atoms with Crippen molar-refractivity contribution in [2.45, 2.75) is 12.4 Å². The molecule has 10 heteroatoms. The van der Waals surface area contributed by atoms with E-state index in [1.807, 2.05) is 6.07 Å². The number of nitriles is 1. The van der Waals surface area contributed by atoms with Crippen LogP contribution in [0.1, 0.15) is 16.8 Å². The molecule has 3 aromatic rings. The van der Waals surface area contributed by atoms with Crippen LogP contribution in [-0.2, 0) is 12.4 Å². The minimum Gasteiger partial charge on any atom is -0.247 e. The highest BCUT2D eigenvalue weighted by Gasteiger charge is 2.37. The number of H-pyrrole nitrogens is 1. The molecule has 27 heavy (non-hydrogen) atoms. The topological polar surface area (TPSA) is 65.4 Å². The Labute approximate surface area is 148 Å². The van der Waals surface area contributed by atoms with Crippen LogP contribution in [0.2, 0.25) is 0 Å². The summed E-state index contributed by atoms with van der Waals surface area (Å²) in [5.74, 6) is 0. The molecule has 138 valence electrons. The first kappa shape index (κ1) is 18.4. The van der Waals surface area contributed by atoms with Gasteiger partial charge in [0.2, 0.25) is 0 Å². The second-order valence-corrected chi connectivity index (χ2v) is 5.48. The maximum absolute atomic E-state index is 13.2. The molecule has 0 unspecified atom stereocenters. The summed E-state index contributed by atoms with van der Waals surface area (Å²) in [5.41, 5.74) is -2.39. The maximum atomic E-state index is 13.2. The van der Waals surface area contributed by atoms with E-state index in [0.717, 1.165) is 0 Å². The molecule has 0 saturated heterocycles. The third-order valence-electron chi connectivity index (χ3n) is 3.78. The Morgan fingerprint density at radius 2 is 1.48 bits per heavy atom. The van der Waals surface area contributed by atoms with Crippen LogP contribution < -0.4 is 0 Å². The average molecular weight is 382 g/mol. The van der Waals surface area contributed by atoms with Crippen molar-refractivity contribution in [1.82, 2.24) is 15.4 Å². The van der Waals surface area contributed by atoms with Gasteiger partial charge in [0.15, 0.2) is 5.69 Å². The van der Waals surface area contributed by atoms with Crippen molar-refractivity contribution in [1.29, 1.82) is 5.26 Å². The quantitative estimate of drug-likeness (QED) is 0.631. The van der Waals surface area contributed by atoms with Gasteiger partial charge in [0.25, 0.3) is 0 Å². The molecule has 0 bridgehead atoms. The predicted octanol–water partition coefficient (Wildman–Crippen LogP) is 5.05. The lowest BCUT2D eigenvalue weighted by Crippen LogP contribution is -2.11. The lowest BCUT2D eigenvalue weighted by atomic mass is 9.95. The Morgan fingerprint density at radius 3 is 2.04 bits per heavy atom. The first-order valence-electron chi connectivity index (χ1n) is 7.31. The number of hydrogen-bond acceptors (Lipinski definition) is 3. The Morgan fingerprint density at radius 1 is 0.852 bits per heavy atom. The molecular weight excluding hydrogens is 374 g/mol. The van der Waals surface area contributed by atoms with Gasteiger partial charge in [-0.25, -0.2) is 5.10 Å². The zero-order valence-corrected chi connectivity index (χ0v) is 13.2. The smallest absolute Gasteiger partial charge is 0.247 e. The van der Waals surface area contributed by atoms with E-state index >= 15 is 0 Å². The largest absolute Gasteiger partial charge is 0.417 e. The Kier molecular flexibility index (Phi) is 4.39. The molecular formula is C17H8F6N4. The van der Waals surface area contributed by atoms with E-state index in [-0.39, 0.29) is 17.0 Å². The third-order valence-corrected chi connectivity index (χ3v) is 3.78. The molecule has 0 radical (unpaired) electrons. The second kappa shape index (κ2) is 6.42. The third kappa shape index (κ3) is 3.62. The summed E-state index contributed by atoms with van der Waals surface area (Å²) in [5, 5.41) is 18.5. The highest BCUT2D eigenvalue weighted by atomic mass is 19.4. The second-order valence-electron chi connectivity index (χ2n) is 5.48. The number of rotatable bonds is 2. The van der Waals surface area contributed by atoms with Crippen LogP contribution in [0.15, 0.2) is 42.5 Å². The molecule has 0 amide bonds. The molecule has 0 fully saturated rings. The van der Waals surface area contributed by atoms with Crippen molar-refractivity contribution < 1.29 is 26.3 Å². The highest BCUT2D eigenvalue weighted by Crippen LogP contribution is 2.41. The van der Waals surface area contributed by atoms with E-state index in [9.17, 15) is 26.3 Å². The minimum atomic E-state index is -4.82. The van der Waals surface area contributed by atoms with Gasteiger partial charge in [-0.3, -0.25) is 0 Å². The molecule has 0 aliphatic heterocycles. The van der Waals surface area contributed by atoms with Crippen LogP contribution in [-0.4, -0.2) is 15.4 Å². The summed E-state index contributed by atoms with van der Waals surface area (Å²) in [7, 11) is 0. The Bertz CT molecular complexity index is 1010. The van der Waals surface area contributed by atoms with Gasteiger partial charge in [-0.15, -0.1) is 5.10 Å². The summed E-state index contributed by atoms with van der Waals surface area (Å²) in [6.45, 7) is 0. The van der Waals surface area contributed by atoms with Gasteiger partial charge in [0, 0.05) is 5.56 Å². The average Bonchev–Trinajstić information content (AvgIpc) is 3.08. The molecule has 1 aromatic heterocycles. The summed E-state index contributed by atoms with van der Waals surface area (Å²) in [6.07, 6.45) is -9.60. The van der Waals surface area contributed by atoms with Crippen molar-refractivity contribution in [3.8, 4) is 28.5 Å². The minimum absolute atomic E-state index is 0.0535. The molecule has 4 nitrogen and oxygen atoms in total. The zero-order chi connectivity index (χ0) is 19.8. The van der Waals surface area contributed by atoms with E-state index in [0.29, 0.717) is 23.8 Å². The van der Waals surface area contributed by atoms with Gasteiger partial charge < -0.3 is 0 Å². The van der Waals surface area contributed by atoms with Gasteiger partial charge in [-0.05, 0) is 29.3 Å². The number of nitrogens with one attached hydrogen (secondary N) is 1. The molecule has 1 N–H and O–H groups in total. The van der Waals surface area contributed by atoms with Crippen LogP contribution in [0.3, 0.4) is 0 Å². The van der Waals surface area contributed by atoms with Gasteiger partial charge >= 0.3 is 12.4 Å². The molecule has 0 aliphatic rings. The SMILES string of the molecule is N#Cc1[nH]nnc1-c1ccc(-c2cc(C(F)(F)F)ccc2C(F)(F)F)cc1. The molecule has 2 aromatic carbocycles.